The molecule has 4 rings (SSSR count). The summed E-state index contributed by atoms with van der Waals surface area (Å²) in [5, 5.41) is 8.05. The number of esters is 1. The summed E-state index contributed by atoms with van der Waals surface area (Å²) >= 11 is 1.27. The minimum absolute atomic E-state index is 0.0553. The molecule has 0 aliphatic carbocycles. The number of allylic oxidation sites excluding steroid dienone is 1. The second-order valence-corrected chi connectivity index (χ2v) is 7.99. The third kappa shape index (κ3) is 4.43. The fourth-order valence-corrected chi connectivity index (χ4v) is 4.20. The highest BCUT2D eigenvalue weighted by Crippen LogP contribution is 2.37. The molecule has 9 heteroatoms. The normalized spacial score (nSPS) is 15.2. The molecule has 0 saturated heterocycles. The fraction of sp³-hybridized carbons (Fsp3) is 0.174. The largest absolute Gasteiger partial charge is 0.458 e. The van der Waals surface area contributed by atoms with Gasteiger partial charge in [-0.05, 0) is 36.2 Å². The summed E-state index contributed by atoms with van der Waals surface area (Å²) in [5.41, 5.74) is 2.08. The van der Waals surface area contributed by atoms with Gasteiger partial charge in [-0.3, -0.25) is 0 Å². The number of carbonyl (C=O) groups excluding carboxylic acids is 1. The Morgan fingerprint density at radius 2 is 2.00 bits per heavy atom. The van der Waals surface area contributed by atoms with Crippen molar-refractivity contribution < 1.29 is 18.3 Å². The Bertz CT molecular complexity index is 1190. The molecular weight excluding hydrogens is 434 g/mol. The second-order valence-electron chi connectivity index (χ2n) is 7.05. The van der Waals surface area contributed by atoms with Crippen molar-refractivity contribution in [1.82, 2.24) is 14.8 Å². The van der Waals surface area contributed by atoms with Crippen molar-refractivity contribution in [2.45, 2.75) is 23.9 Å². The van der Waals surface area contributed by atoms with Gasteiger partial charge in [0, 0.05) is 11.4 Å². The van der Waals surface area contributed by atoms with Crippen LogP contribution in [0.1, 0.15) is 24.1 Å². The highest BCUT2D eigenvalue weighted by molar-refractivity contribution is 7.98. The Balaban J connectivity index is 1.69. The molecule has 0 spiro atoms. The van der Waals surface area contributed by atoms with Crippen LogP contribution in [0.3, 0.4) is 0 Å². The number of fused-ring (bicyclic) bond motifs is 1. The molecule has 0 fully saturated rings. The summed E-state index contributed by atoms with van der Waals surface area (Å²) in [4.78, 5) is 17.3. The zero-order valence-corrected chi connectivity index (χ0v) is 18.0. The van der Waals surface area contributed by atoms with Crippen LogP contribution in [-0.4, -0.2) is 27.3 Å². The first-order valence-electron chi connectivity index (χ1n) is 9.82. The van der Waals surface area contributed by atoms with Crippen LogP contribution in [0.4, 0.5) is 14.7 Å². The number of nitrogens with zero attached hydrogens (tertiary/aromatic N) is 3. The number of aromatic nitrogens is 3. The number of halogens is 2. The Kier molecular flexibility index (Phi) is 6.36. The fourth-order valence-electron chi connectivity index (χ4n) is 3.38. The van der Waals surface area contributed by atoms with E-state index < -0.39 is 12.0 Å². The Morgan fingerprint density at radius 3 is 2.72 bits per heavy atom. The lowest BCUT2D eigenvalue weighted by molar-refractivity contribution is -0.138. The molecule has 1 aliphatic rings. The van der Waals surface area contributed by atoms with Crippen LogP contribution in [-0.2, 0) is 15.3 Å². The molecule has 1 aliphatic heterocycles. The smallest absolute Gasteiger partial charge is 0.338 e. The van der Waals surface area contributed by atoms with E-state index in [0.29, 0.717) is 39.3 Å². The van der Waals surface area contributed by atoms with Crippen LogP contribution in [0.15, 0.2) is 77.6 Å². The highest BCUT2D eigenvalue weighted by atomic mass is 32.2. The van der Waals surface area contributed by atoms with E-state index >= 15 is 0 Å². The van der Waals surface area contributed by atoms with Crippen molar-refractivity contribution in [2.75, 3.05) is 11.9 Å². The third-order valence-electron chi connectivity index (χ3n) is 4.89. The van der Waals surface area contributed by atoms with Gasteiger partial charge in [-0.25, -0.2) is 18.3 Å². The molecular formula is C23H20F2N4O2S. The van der Waals surface area contributed by atoms with Crippen LogP contribution >= 0.6 is 11.8 Å². The molecule has 1 atom stereocenters. The zero-order valence-electron chi connectivity index (χ0n) is 17.2. The van der Waals surface area contributed by atoms with Crippen molar-refractivity contribution in [3.05, 3.63) is 95.2 Å². The van der Waals surface area contributed by atoms with Gasteiger partial charge in [-0.2, -0.15) is 4.98 Å². The lowest BCUT2D eigenvalue weighted by Crippen LogP contribution is -2.29. The molecule has 32 heavy (non-hydrogen) atoms. The Hall–Kier alpha value is -3.46. The molecule has 164 valence electrons. The third-order valence-corrected chi connectivity index (χ3v) is 5.77. The first-order valence-corrected chi connectivity index (χ1v) is 10.8. The summed E-state index contributed by atoms with van der Waals surface area (Å²) in [7, 11) is 0. The van der Waals surface area contributed by atoms with Crippen molar-refractivity contribution in [3.63, 3.8) is 0 Å². The Labute approximate surface area is 188 Å². The van der Waals surface area contributed by atoms with Gasteiger partial charge in [0.05, 0.1) is 5.57 Å². The maximum absolute atomic E-state index is 14.0. The number of anilines is 1. The predicted octanol–water partition coefficient (Wildman–Crippen LogP) is 4.87. The molecule has 2 aromatic carbocycles. The van der Waals surface area contributed by atoms with E-state index in [2.05, 4.69) is 22.0 Å². The van der Waals surface area contributed by atoms with Crippen molar-refractivity contribution in [2.24, 2.45) is 0 Å². The first-order chi connectivity index (χ1) is 15.5. The summed E-state index contributed by atoms with van der Waals surface area (Å²) in [6.45, 7) is 5.36. The number of ether oxygens (including phenoxy) is 1. The number of rotatable bonds is 7. The standard InChI is InChI=1S/C23H20F2N4O2S/c1-3-12-31-21(30)19-14(2)26-22-27-23(32-13-16-6-4-5-7-18(16)25)28-29(22)20(19)15-8-10-17(24)11-9-15/h3-11,20H,1,12-13H2,2H3,(H,26,27,28). The van der Waals surface area contributed by atoms with Crippen molar-refractivity contribution in [1.29, 1.82) is 0 Å². The van der Waals surface area contributed by atoms with Crippen LogP contribution in [0.25, 0.3) is 0 Å². The molecule has 1 unspecified atom stereocenters. The minimum atomic E-state index is -0.667. The summed E-state index contributed by atoms with van der Waals surface area (Å²) in [5.74, 6) is -0.452. The number of nitrogens with one attached hydrogen (secondary N) is 1. The minimum Gasteiger partial charge on any atom is -0.458 e. The van der Waals surface area contributed by atoms with Crippen LogP contribution in [0, 0.1) is 11.6 Å². The molecule has 0 amide bonds. The number of carbonyl (C=O) groups is 1. The molecule has 2 heterocycles. The average molecular weight is 455 g/mol. The van der Waals surface area contributed by atoms with Crippen LogP contribution in [0.2, 0.25) is 0 Å². The topological polar surface area (TPSA) is 69.0 Å². The highest BCUT2D eigenvalue weighted by Gasteiger charge is 2.35. The first kappa shape index (κ1) is 21.8. The van der Waals surface area contributed by atoms with Crippen molar-refractivity contribution >= 4 is 23.7 Å². The monoisotopic (exact) mass is 454 g/mol. The van der Waals surface area contributed by atoms with Gasteiger partial charge >= 0.3 is 5.97 Å². The number of benzene rings is 2. The molecule has 0 radical (unpaired) electrons. The molecule has 0 saturated carbocycles. The van der Waals surface area contributed by atoms with E-state index in [9.17, 15) is 13.6 Å². The zero-order chi connectivity index (χ0) is 22.7. The Morgan fingerprint density at radius 1 is 1.25 bits per heavy atom. The van der Waals surface area contributed by atoms with E-state index in [-0.39, 0.29) is 18.2 Å². The quantitative estimate of drug-likeness (QED) is 0.312. The van der Waals surface area contributed by atoms with Gasteiger partial charge in [0.2, 0.25) is 11.1 Å². The van der Waals surface area contributed by atoms with Gasteiger partial charge < -0.3 is 10.1 Å². The number of hydrogen-bond acceptors (Lipinski definition) is 6. The molecule has 6 nitrogen and oxygen atoms in total. The summed E-state index contributed by atoms with van der Waals surface area (Å²) in [6.07, 6.45) is 1.48. The average Bonchev–Trinajstić information content (AvgIpc) is 3.19. The van der Waals surface area contributed by atoms with Gasteiger partial charge in [0.15, 0.2) is 0 Å². The van der Waals surface area contributed by atoms with Gasteiger partial charge in [-0.15, -0.1) is 5.10 Å². The lowest BCUT2D eigenvalue weighted by atomic mass is 9.96. The van der Waals surface area contributed by atoms with Crippen LogP contribution in [0.5, 0.6) is 0 Å². The second kappa shape index (κ2) is 9.35. The molecule has 3 aromatic rings. The van der Waals surface area contributed by atoms with E-state index in [1.54, 1.807) is 41.9 Å². The maximum Gasteiger partial charge on any atom is 0.338 e. The number of hydrogen-bond donors (Lipinski definition) is 1. The van der Waals surface area contributed by atoms with Gasteiger partial charge in [0.1, 0.15) is 24.3 Å². The lowest BCUT2D eigenvalue weighted by Gasteiger charge is -2.28. The summed E-state index contributed by atoms with van der Waals surface area (Å²) < 4.78 is 34.4. The predicted molar refractivity (Wildman–Crippen MR) is 118 cm³/mol. The molecule has 0 bridgehead atoms. The maximum atomic E-state index is 14.0. The van der Waals surface area contributed by atoms with E-state index in [0.717, 1.165) is 0 Å². The molecule has 1 aromatic heterocycles. The van der Waals surface area contributed by atoms with E-state index in [1.807, 2.05) is 0 Å². The summed E-state index contributed by atoms with van der Waals surface area (Å²) in [6, 6.07) is 11.7. The number of thioether (sulfide) groups is 1. The van der Waals surface area contributed by atoms with Gasteiger partial charge in [-0.1, -0.05) is 54.7 Å². The molecule has 1 N–H and O–H groups in total. The van der Waals surface area contributed by atoms with Gasteiger partial charge in [0.25, 0.3) is 0 Å². The van der Waals surface area contributed by atoms with E-state index in [1.165, 1.54) is 36.0 Å². The van der Waals surface area contributed by atoms with E-state index in [4.69, 9.17) is 4.74 Å². The SMILES string of the molecule is C=CCOC(=O)C1=C(C)Nc2nc(SCc3ccccc3F)nn2C1c1ccc(F)cc1. The van der Waals surface area contributed by atoms with Crippen LogP contribution < -0.4 is 5.32 Å². The van der Waals surface area contributed by atoms with Crippen molar-refractivity contribution in [3.8, 4) is 0 Å².